The highest BCUT2D eigenvalue weighted by molar-refractivity contribution is 7.19. The minimum Gasteiger partial charge on any atom is -0.390 e. The maximum absolute atomic E-state index is 13.1. The summed E-state index contributed by atoms with van der Waals surface area (Å²) in [6, 6.07) is 6.75. The molecule has 272 valence electrons. The Morgan fingerprint density at radius 2 is 1.76 bits per heavy atom. The Labute approximate surface area is 298 Å². The number of allylic oxidation sites excluding steroid dienone is 1. The quantitative estimate of drug-likeness (QED) is 0.157. The maximum atomic E-state index is 13.1. The smallest absolute Gasteiger partial charge is 0.227 e. The summed E-state index contributed by atoms with van der Waals surface area (Å²) in [5, 5.41) is 14.7. The lowest BCUT2D eigenvalue weighted by atomic mass is 9.88. The van der Waals surface area contributed by atoms with Crippen molar-refractivity contribution in [2.24, 2.45) is 11.8 Å². The van der Waals surface area contributed by atoms with Crippen molar-refractivity contribution in [1.82, 2.24) is 15.1 Å². The summed E-state index contributed by atoms with van der Waals surface area (Å²) in [6.45, 7) is 15.7. The number of amides is 3. The van der Waals surface area contributed by atoms with E-state index in [0.717, 1.165) is 74.9 Å². The molecule has 2 aliphatic heterocycles. The van der Waals surface area contributed by atoms with E-state index in [2.05, 4.69) is 57.8 Å². The molecule has 2 N–H and O–H groups in total. The zero-order valence-corrected chi connectivity index (χ0v) is 31.7. The van der Waals surface area contributed by atoms with E-state index in [1.807, 2.05) is 23.8 Å². The Kier molecular flexibility index (Phi) is 14.7. The Hall–Kier alpha value is -2.75. The lowest BCUT2D eigenvalue weighted by molar-refractivity contribution is -0.132. The summed E-state index contributed by atoms with van der Waals surface area (Å²) < 4.78 is 7.40. The van der Waals surface area contributed by atoms with Gasteiger partial charge in [-0.3, -0.25) is 14.4 Å². The van der Waals surface area contributed by atoms with Crippen LogP contribution in [-0.2, 0) is 38.5 Å². The molecule has 2 fully saturated rings. The topological polar surface area (TPSA) is 99.2 Å². The number of hydrogen-bond donors (Lipinski definition) is 2. The fraction of sp³-hybridized carbons (Fsp3) is 0.675. The van der Waals surface area contributed by atoms with Gasteiger partial charge in [-0.15, -0.1) is 11.3 Å². The van der Waals surface area contributed by atoms with Crippen molar-refractivity contribution < 1.29 is 24.2 Å². The molecule has 9 heteroatoms. The van der Waals surface area contributed by atoms with E-state index in [0.29, 0.717) is 38.1 Å². The molecule has 1 aromatic heterocycles. The predicted molar refractivity (Wildman–Crippen MR) is 199 cm³/mol. The average molecular weight is 696 g/mol. The van der Waals surface area contributed by atoms with Crippen LogP contribution in [0.5, 0.6) is 0 Å². The molecular formula is C40H61N3O5S. The van der Waals surface area contributed by atoms with Crippen LogP contribution in [0.3, 0.4) is 0 Å². The van der Waals surface area contributed by atoms with Gasteiger partial charge < -0.3 is 25.0 Å². The fourth-order valence-corrected chi connectivity index (χ4v) is 8.37. The largest absolute Gasteiger partial charge is 0.390 e. The van der Waals surface area contributed by atoms with Crippen LogP contribution in [0, 0.1) is 11.8 Å². The second-order valence-corrected chi connectivity index (χ2v) is 16.1. The molecule has 0 saturated carbocycles. The highest BCUT2D eigenvalue weighted by Gasteiger charge is 2.33. The van der Waals surface area contributed by atoms with Crippen LogP contribution in [0.1, 0.15) is 121 Å². The van der Waals surface area contributed by atoms with Crippen LogP contribution in [-0.4, -0.2) is 70.6 Å². The molecule has 49 heavy (non-hydrogen) atoms. The zero-order chi connectivity index (χ0) is 35.7. The standard InChI is InChI=1S/C40H61N3O5S/c1-26(2)29(5)42(7)37(45)20-18-31-16-17-32(23-33-22-27(3)39(47)30(6)48-33)35-24-34(49-40(31)35)25-41-36(44)14-12-10-8-9-11-13-21-43-28(4)15-19-38(43)46/h16-17,24,26-27,29-30,33,39,47H,4,8-15,18-23,25H2,1-3,5-7H3,(H,41,44). The number of likely N-dealkylation sites (tertiary alicyclic amines) is 1. The second-order valence-electron chi connectivity index (χ2n) is 15.0. The van der Waals surface area contributed by atoms with Gasteiger partial charge in [0.1, 0.15) is 0 Å². The number of unbranched alkanes of at least 4 members (excludes halogenated alkanes) is 5. The summed E-state index contributed by atoms with van der Waals surface area (Å²) in [5.41, 5.74) is 3.33. The third-order valence-electron chi connectivity index (χ3n) is 10.8. The number of nitrogens with one attached hydrogen (secondary N) is 1. The van der Waals surface area contributed by atoms with Gasteiger partial charge in [0.25, 0.3) is 0 Å². The van der Waals surface area contributed by atoms with E-state index >= 15 is 0 Å². The first-order valence-corrected chi connectivity index (χ1v) is 19.5. The van der Waals surface area contributed by atoms with Crippen LogP contribution in [0.2, 0.25) is 0 Å². The summed E-state index contributed by atoms with van der Waals surface area (Å²) in [7, 11) is 1.90. The van der Waals surface area contributed by atoms with Crippen LogP contribution in [0.25, 0.3) is 10.1 Å². The Bertz CT molecular complexity index is 1410. The molecule has 5 unspecified atom stereocenters. The highest BCUT2D eigenvalue weighted by Crippen LogP contribution is 2.35. The number of carbonyl (C=O) groups excluding carboxylic acids is 3. The van der Waals surface area contributed by atoms with Gasteiger partial charge in [0, 0.05) is 54.2 Å². The normalized spacial score (nSPS) is 21.9. The van der Waals surface area contributed by atoms with E-state index in [-0.39, 0.29) is 41.9 Å². The molecule has 1 aromatic carbocycles. The van der Waals surface area contributed by atoms with E-state index < -0.39 is 6.10 Å². The van der Waals surface area contributed by atoms with Gasteiger partial charge in [-0.2, -0.15) is 0 Å². The molecule has 3 amide bonds. The molecule has 3 heterocycles. The molecule has 0 bridgehead atoms. The van der Waals surface area contributed by atoms with Gasteiger partial charge >= 0.3 is 0 Å². The van der Waals surface area contributed by atoms with Crippen molar-refractivity contribution in [2.75, 3.05) is 13.6 Å². The third-order valence-corrected chi connectivity index (χ3v) is 12.1. The molecule has 0 radical (unpaired) electrons. The van der Waals surface area contributed by atoms with Crippen molar-refractivity contribution in [3.8, 4) is 0 Å². The van der Waals surface area contributed by atoms with Crippen molar-refractivity contribution in [1.29, 1.82) is 0 Å². The van der Waals surface area contributed by atoms with Crippen molar-refractivity contribution in [3.63, 3.8) is 0 Å². The van der Waals surface area contributed by atoms with E-state index in [1.165, 1.54) is 21.2 Å². The number of benzene rings is 1. The lowest BCUT2D eigenvalue weighted by Gasteiger charge is -2.36. The van der Waals surface area contributed by atoms with E-state index in [4.69, 9.17) is 4.74 Å². The van der Waals surface area contributed by atoms with Crippen LogP contribution in [0.15, 0.2) is 30.5 Å². The van der Waals surface area contributed by atoms with E-state index in [9.17, 15) is 19.5 Å². The molecule has 0 aliphatic carbocycles. The number of fused-ring (bicyclic) bond motifs is 1. The van der Waals surface area contributed by atoms with Crippen molar-refractivity contribution in [3.05, 3.63) is 46.5 Å². The van der Waals surface area contributed by atoms with Crippen molar-refractivity contribution in [2.45, 2.75) is 149 Å². The summed E-state index contributed by atoms with van der Waals surface area (Å²) in [5.74, 6) is 1.02. The van der Waals surface area contributed by atoms with Crippen molar-refractivity contribution >= 4 is 39.1 Å². The molecule has 2 aromatic rings. The summed E-state index contributed by atoms with van der Waals surface area (Å²) >= 11 is 1.71. The zero-order valence-electron chi connectivity index (χ0n) is 30.9. The fourth-order valence-electron chi connectivity index (χ4n) is 7.19. The van der Waals surface area contributed by atoms with Crippen LogP contribution >= 0.6 is 11.3 Å². The number of thiophene rings is 1. The summed E-state index contributed by atoms with van der Waals surface area (Å²) in [4.78, 5) is 42.6. The van der Waals surface area contributed by atoms with Crippen LogP contribution in [0.4, 0.5) is 0 Å². The highest BCUT2D eigenvalue weighted by atomic mass is 32.1. The minimum absolute atomic E-state index is 0.0347. The van der Waals surface area contributed by atoms with Gasteiger partial charge in [-0.1, -0.05) is 65.2 Å². The second kappa shape index (κ2) is 18.5. The minimum atomic E-state index is -0.442. The van der Waals surface area contributed by atoms with Gasteiger partial charge in [0.05, 0.1) is 24.9 Å². The monoisotopic (exact) mass is 695 g/mol. The third kappa shape index (κ3) is 10.9. The Morgan fingerprint density at radius 1 is 1.06 bits per heavy atom. The summed E-state index contributed by atoms with van der Waals surface area (Å²) in [6.07, 6.45) is 10.2. The predicted octanol–water partition coefficient (Wildman–Crippen LogP) is 7.54. The number of nitrogens with zero attached hydrogens (tertiary/aromatic N) is 2. The number of aliphatic hydroxyl groups is 1. The molecule has 8 nitrogen and oxygen atoms in total. The van der Waals surface area contributed by atoms with Gasteiger partial charge in [0.15, 0.2) is 0 Å². The molecule has 0 spiro atoms. The first-order chi connectivity index (χ1) is 23.3. The number of hydrogen-bond acceptors (Lipinski definition) is 6. The number of aryl methyl sites for hydroxylation is 1. The first kappa shape index (κ1) is 39.0. The number of rotatable bonds is 18. The molecule has 4 rings (SSSR count). The molecule has 5 atom stereocenters. The average Bonchev–Trinajstić information content (AvgIpc) is 3.65. The molecular weight excluding hydrogens is 635 g/mol. The SMILES string of the molecule is C=C1CCC(=O)N1CCCCCCCCC(=O)NCc1cc2c(CC3CC(C)C(O)C(C)O3)ccc(CCC(=O)N(C)C(C)C(C)C)c2s1. The van der Waals surface area contributed by atoms with Gasteiger partial charge in [-0.25, -0.2) is 0 Å². The number of ether oxygens (including phenoxy) is 1. The number of carbonyl (C=O) groups is 3. The van der Waals surface area contributed by atoms with Crippen LogP contribution < -0.4 is 5.32 Å². The van der Waals surface area contributed by atoms with Gasteiger partial charge in [0.2, 0.25) is 17.7 Å². The molecule has 2 aliphatic rings. The Morgan fingerprint density at radius 3 is 2.43 bits per heavy atom. The Balaban J connectivity index is 1.31. The maximum Gasteiger partial charge on any atom is 0.227 e. The molecule has 2 saturated heterocycles. The number of aliphatic hydroxyl groups excluding tert-OH is 1. The van der Waals surface area contributed by atoms with E-state index in [1.54, 1.807) is 11.3 Å². The lowest BCUT2D eigenvalue weighted by Crippen LogP contribution is -2.43. The first-order valence-electron chi connectivity index (χ1n) is 18.7. The van der Waals surface area contributed by atoms with Gasteiger partial charge in [-0.05, 0) is 86.8 Å².